The fraction of sp³-hybridized carbons (Fsp3) is 0.300. The maximum atomic E-state index is 12.1. The molecule has 0 aliphatic carbocycles. The number of para-hydroxylation sites is 1. The van der Waals surface area contributed by atoms with Crippen molar-refractivity contribution in [3.63, 3.8) is 0 Å². The Bertz CT molecular complexity index is 2560. The van der Waals surface area contributed by atoms with E-state index in [-0.39, 0.29) is 22.0 Å². The van der Waals surface area contributed by atoms with Crippen LogP contribution in [0, 0.1) is 0 Å². The molecule has 0 radical (unpaired) electrons. The van der Waals surface area contributed by atoms with Crippen molar-refractivity contribution in [2.24, 2.45) is 0 Å². The highest BCUT2D eigenvalue weighted by Crippen LogP contribution is 2.44. The van der Waals surface area contributed by atoms with E-state index in [1.165, 1.54) is 21.9 Å². The summed E-state index contributed by atoms with van der Waals surface area (Å²) in [5, 5.41) is 13.5. The van der Waals surface area contributed by atoms with Crippen molar-refractivity contribution in [2.75, 3.05) is 0 Å². The van der Waals surface area contributed by atoms with Crippen molar-refractivity contribution in [1.29, 1.82) is 0 Å². The van der Waals surface area contributed by atoms with E-state index in [0.717, 1.165) is 50.2 Å². The SMILES string of the molecule is CC(C)(C)c1cc(-c2cc(-c3ccccc3)c([Si](C)(C)C)cn2)cc(-c2cncc3c2nc(-c2cc(C(C)(C)C)cc(C(C)(C)C)c2O)n3-c2ccccc2)c1. The van der Waals surface area contributed by atoms with Crippen molar-refractivity contribution in [2.45, 2.75) is 98.2 Å². The fourth-order valence-corrected chi connectivity index (χ4v) is 8.94. The number of nitrogens with zero attached hydrogens (tertiary/aromatic N) is 4. The van der Waals surface area contributed by atoms with E-state index in [1.807, 2.05) is 30.6 Å². The van der Waals surface area contributed by atoms with Gasteiger partial charge in [-0.3, -0.25) is 14.5 Å². The first-order valence-electron chi connectivity index (χ1n) is 19.7. The first kappa shape index (κ1) is 38.9. The molecule has 1 N–H and O–H groups in total. The van der Waals surface area contributed by atoms with Gasteiger partial charge >= 0.3 is 0 Å². The molecule has 0 atom stereocenters. The average molecular weight is 757 g/mol. The highest BCUT2D eigenvalue weighted by molar-refractivity contribution is 6.89. The second-order valence-corrected chi connectivity index (χ2v) is 24.4. The van der Waals surface area contributed by atoms with Crippen LogP contribution >= 0.6 is 0 Å². The van der Waals surface area contributed by atoms with Crippen LogP contribution in [0.25, 0.3) is 61.6 Å². The first-order valence-corrected chi connectivity index (χ1v) is 23.2. The average Bonchev–Trinajstić information content (AvgIpc) is 3.53. The molecule has 0 unspecified atom stereocenters. The van der Waals surface area contributed by atoms with Gasteiger partial charge < -0.3 is 5.11 Å². The summed E-state index contributed by atoms with van der Waals surface area (Å²) in [7, 11) is -1.71. The topological polar surface area (TPSA) is 63.8 Å². The molecule has 0 aliphatic heterocycles. The summed E-state index contributed by atoms with van der Waals surface area (Å²) in [6.07, 6.45) is 5.95. The van der Waals surface area contributed by atoms with Crippen LogP contribution < -0.4 is 5.19 Å². The van der Waals surface area contributed by atoms with Crippen LogP contribution in [0.1, 0.15) is 79.0 Å². The van der Waals surface area contributed by atoms with Gasteiger partial charge in [-0.15, -0.1) is 0 Å². The molecule has 0 fully saturated rings. The molecule has 7 aromatic rings. The highest BCUT2D eigenvalue weighted by Gasteiger charge is 2.29. The standard InChI is InChI=1S/C50H56N4OSi/c1-48(2,3)35-24-33(23-34(25-35)42-28-38(32-19-15-13-16-20-32)44(31-52-42)56(10,11)12)40-29-51-30-43-45(40)53-47(54(43)37-21-17-14-18-22-37)39-26-36(49(4,5)6)27-41(46(39)55)50(7,8)9/h13-31,55H,1-12H3. The number of aromatic hydroxyl groups is 1. The number of phenols is 1. The van der Waals surface area contributed by atoms with Gasteiger partial charge in [-0.2, -0.15) is 0 Å². The maximum Gasteiger partial charge on any atom is 0.149 e. The molecule has 5 nitrogen and oxygen atoms in total. The Labute approximate surface area is 334 Å². The third-order valence-corrected chi connectivity index (χ3v) is 12.8. The minimum absolute atomic E-state index is 0.135. The van der Waals surface area contributed by atoms with Crippen LogP contribution in [-0.4, -0.2) is 32.7 Å². The van der Waals surface area contributed by atoms with Crippen LogP contribution in [0.4, 0.5) is 0 Å². The highest BCUT2D eigenvalue weighted by atomic mass is 28.3. The quantitative estimate of drug-likeness (QED) is 0.172. The molecule has 0 aliphatic rings. The van der Waals surface area contributed by atoms with Crippen molar-refractivity contribution in [3.05, 3.63) is 132 Å². The zero-order valence-electron chi connectivity index (χ0n) is 35.2. The predicted molar refractivity (Wildman–Crippen MR) is 239 cm³/mol. The molecular weight excluding hydrogens is 701 g/mol. The van der Waals surface area contributed by atoms with Crippen molar-refractivity contribution in [3.8, 4) is 56.3 Å². The number of pyridine rings is 2. The van der Waals surface area contributed by atoms with E-state index < -0.39 is 8.07 Å². The predicted octanol–water partition coefficient (Wildman–Crippen LogP) is 12.6. The second kappa shape index (κ2) is 14.0. The van der Waals surface area contributed by atoms with Gasteiger partial charge in [0.2, 0.25) is 0 Å². The summed E-state index contributed by atoms with van der Waals surface area (Å²) in [4.78, 5) is 15.5. The number of phenolic OH excluding ortho intramolecular Hbond substituents is 1. The number of rotatable bonds is 6. The van der Waals surface area contributed by atoms with Gasteiger partial charge in [-0.05, 0) is 85.6 Å². The Hall–Kier alpha value is -5.33. The molecule has 6 heteroatoms. The Kier molecular flexibility index (Phi) is 9.73. The van der Waals surface area contributed by atoms with E-state index in [2.05, 4.69) is 172 Å². The molecule has 4 aromatic carbocycles. The van der Waals surface area contributed by atoms with Crippen LogP contribution in [0.2, 0.25) is 19.6 Å². The number of hydrogen-bond donors (Lipinski definition) is 1. The van der Waals surface area contributed by atoms with Gasteiger partial charge in [-0.25, -0.2) is 4.98 Å². The van der Waals surface area contributed by atoms with Gasteiger partial charge in [0.15, 0.2) is 0 Å². The van der Waals surface area contributed by atoms with Gasteiger partial charge in [-0.1, -0.05) is 143 Å². The molecule has 0 saturated carbocycles. The molecule has 286 valence electrons. The second-order valence-electron chi connectivity index (χ2n) is 19.4. The van der Waals surface area contributed by atoms with E-state index in [1.54, 1.807) is 0 Å². The molecule has 3 aromatic heterocycles. The zero-order valence-corrected chi connectivity index (χ0v) is 36.2. The number of hydrogen-bond acceptors (Lipinski definition) is 4. The summed E-state index contributed by atoms with van der Waals surface area (Å²) in [6.45, 7) is 27.0. The van der Waals surface area contributed by atoms with Gasteiger partial charge in [0.05, 0.1) is 31.0 Å². The number of fused-ring (bicyclic) bond motifs is 1. The van der Waals surface area contributed by atoms with Gasteiger partial charge in [0, 0.05) is 34.8 Å². The molecule has 7 rings (SSSR count). The van der Waals surface area contributed by atoms with Crippen molar-refractivity contribution >= 4 is 24.3 Å². The lowest BCUT2D eigenvalue weighted by atomic mass is 9.79. The van der Waals surface area contributed by atoms with Crippen LogP contribution in [-0.2, 0) is 16.2 Å². The van der Waals surface area contributed by atoms with Crippen LogP contribution in [0.5, 0.6) is 5.75 Å². The Morgan fingerprint density at radius 3 is 1.79 bits per heavy atom. The smallest absolute Gasteiger partial charge is 0.149 e. The van der Waals surface area contributed by atoms with Crippen LogP contribution in [0.3, 0.4) is 0 Å². The lowest BCUT2D eigenvalue weighted by Crippen LogP contribution is -2.39. The molecule has 0 spiro atoms. The summed E-state index contributed by atoms with van der Waals surface area (Å²) >= 11 is 0. The summed E-state index contributed by atoms with van der Waals surface area (Å²) < 4.78 is 2.15. The molecular formula is C50H56N4OSi. The minimum Gasteiger partial charge on any atom is -0.507 e. The van der Waals surface area contributed by atoms with Crippen LogP contribution in [0.15, 0.2) is 116 Å². The van der Waals surface area contributed by atoms with Gasteiger partial charge in [0.25, 0.3) is 0 Å². The summed E-state index contributed by atoms with van der Waals surface area (Å²) in [5.74, 6) is 0.935. The third-order valence-electron chi connectivity index (χ3n) is 10.8. The lowest BCUT2D eigenvalue weighted by Gasteiger charge is -2.27. The Balaban J connectivity index is 1.52. The summed E-state index contributed by atoms with van der Waals surface area (Å²) in [6, 6.07) is 34.4. The normalized spacial score (nSPS) is 12.7. The Morgan fingerprint density at radius 2 is 1.18 bits per heavy atom. The number of imidazole rings is 1. The lowest BCUT2D eigenvalue weighted by molar-refractivity contribution is 0.446. The van der Waals surface area contributed by atoms with E-state index in [9.17, 15) is 5.11 Å². The molecule has 0 amide bonds. The molecule has 3 heterocycles. The largest absolute Gasteiger partial charge is 0.507 e. The fourth-order valence-electron chi connectivity index (χ4n) is 7.47. The maximum absolute atomic E-state index is 12.1. The summed E-state index contributed by atoms with van der Waals surface area (Å²) in [5.41, 5.74) is 12.4. The zero-order chi connectivity index (χ0) is 40.4. The minimum atomic E-state index is -1.71. The molecule has 56 heavy (non-hydrogen) atoms. The first-order chi connectivity index (χ1) is 26.2. The number of benzene rings is 4. The monoisotopic (exact) mass is 756 g/mol. The molecule has 0 bridgehead atoms. The van der Waals surface area contributed by atoms with Gasteiger partial charge in [0.1, 0.15) is 17.1 Å². The van der Waals surface area contributed by atoms with E-state index in [4.69, 9.17) is 15.0 Å². The number of aromatic nitrogens is 4. The third kappa shape index (κ3) is 7.47. The van der Waals surface area contributed by atoms with Crippen molar-refractivity contribution in [1.82, 2.24) is 19.5 Å². The Morgan fingerprint density at radius 1 is 0.571 bits per heavy atom. The van der Waals surface area contributed by atoms with E-state index >= 15 is 0 Å². The van der Waals surface area contributed by atoms with Crippen molar-refractivity contribution < 1.29 is 5.11 Å². The molecule has 0 saturated heterocycles. The van der Waals surface area contributed by atoms with E-state index in [0.29, 0.717) is 11.4 Å².